The van der Waals surface area contributed by atoms with Crippen molar-refractivity contribution in [3.8, 4) is 5.75 Å². The lowest BCUT2D eigenvalue weighted by Gasteiger charge is -2.13. The van der Waals surface area contributed by atoms with Gasteiger partial charge < -0.3 is 14.8 Å². The van der Waals surface area contributed by atoms with Gasteiger partial charge in [0.2, 0.25) is 0 Å². The quantitative estimate of drug-likeness (QED) is 0.668. The Morgan fingerprint density at radius 2 is 1.83 bits per heavy atom. The van der Waals surface area contributed by atoms with Gasteiger partial charge in [0, 0.05) is 16.6 Å². The molecule has 1 atom stereocenters. The first-order valence-electron chi connectivity index (χ1n) is 8.96. The van der Waals surface area contributed by atoms with Gasteiger partial charge in [0.15, 0.2) is 16.4 Å². The van der Waals surface area contributed by atoms with Gasteiger partial charge in [-0.2, -0.15) is 0 Å². The van der Waals surface area contributed by atoms with E-state index in [2.05, 4.69) is 5.32 Å². The number of benzene rings is 2. The summed E-state index contributed by atoms with van der Waals surface area (Å²) in [6.07, 6.45) is 0.362. The van der Waals surface area contributed by atoms with Crippen molar-refractivity contribution in [3.05, 3.63) is 64.7 Å². The maximum atomic E-state index is 12.4. The lowest BCUT2D eigenvalue weighted by Crippen LogP contribution is -2.38. The summed E-state index contributed by atoms with van der Waals surface area (Å²) in [4.78, 5) is 24.3. The van der Waals surface area contributed by atoms with E-state index < -0.39 is 34.4 Å². The molecule has 0 aliphatic carbocycles. The molecule has 29 heavy (non-hydrogen) atoms. The molecule has 1 fully saturated rings. The molecule has 0 spiro atoms. The first-order valence-corrected chi connectivity index (χ1v) is 11.2. The maximum absolute atomic E-state index is 12.4. The number of esters is 1. The first-order chi connectivity index (χ1) is 13.8. The SMILES string of the molecule is O=C(COC(=O)c1ccccc1OCc1ccccc1Cl)N[C@@H]1CCS(=O)(=O)C1. The molecule has 0 radical (unpaired) electrons. The number of sulfone groups is 1. The van der Waals surface area contributed by atoms with Crippen LogP contribution in [0.4, 0.5) is 0 Å². The van der Waals surface area contributed by atoms with Crippen molar-refractivity contribution in [1.82, 2.24) is 5.32 Å². The fourth-order valence-electron chi connectivity index (χ4n) is 2.92. The maximum Gasteiger partial charge on any atom is 0.342 e. The van der Waals surface area contributed by atoms with E-state index in [0.717, 1.165) is 5.56 Å². The van der Waals surface area contributed by atoms with Crippen molar-refractivity contribution in [2.24, 2.45) is 0 Å². The van der Waals surface area contributed by atoms with E-state index in [1.54, 1.807) is 24.3 Å². The number of amides is 1. The minimum Gasteiger partial charge on any atom is -0.488 e. The average Bonchev–Trinajstić information content (AvgIpc) is 3.04. The Bertz CT molecular complexity index is 1010. The summed E-state index contributed by atoms with van der Waals surface area (Å²) in [5.41, 5.74) is 0.944. The number of carbonyl (C=O) groups is 2. The third-order valence-corrected chi connectivity index (χ3v) is 6.52. The Hall–Kier alpha value is -2.58. The lowest BCUT2D eigenvalue weighted by molar-refractivity contribution is -0.124. The number of ether oxygens (including phenoxy) is 2. The van der Waals surface area contributed by atoms with Crippen LogP contribution in [0.25, 0.3) is 0 Å². The average molecular weight is 438 g/mol. The molecule has 1 aliphatic heterocycles. The van der Waals surface area contributed by atoms with Crippen molar-refractivity contribution in [2.45, 2.75) is 19.1 Å². The zero-order valence-corrected chi connectivity index (χ0v) is 17.0. The van der Waals surface area contributed by atoms with E-state index in [9.17, 15) is 18.0 Å². The first kappa shape index (κ1) is 21.1. The van der Waals surface area contributed by atoms with Crippen LogP contribution in [-0.4, -0.2) is 44.4 Å². The predicted octanol–water partition coefficient (Wildman–Crippen LogP) is 2.38. The van der Waals surface area contributed by atoms with Gasteiger partial charge in [0.05, 0.1) is 11.5 Å². The number of hydrogen-bond acceptors (Lipinski definition) is 6. The Balaban J connectivity index is 1.55. The summed E-state index contributed by atoms with van der Waals surface area (Å²) in [6, 6.07) is 13.3. The van der Waals surface area contributed by atoms with Gasteiger partial charge in [-0.05, 0) is 24.6 Å². The molecule has 0 aromatic heterocycles. The van der Waals surface area contributed by atoms with Gasteiger partial charge in [0.1, 0.15) is 17.9 Å². The van der Waals surface area contributed by atoms with Crippen LogP contribution in [0.1, 0.15) is 22.3 Å². The largest absolute Gasteiger partial charge is 0.488 e. The molecule has 1 aliphatic rings. The summed E-state index contributed by atoms with van der Waals surface area (Å²) in [5.74, 6) is -0.997. The second kappa shape index (κ2) is 9.28. The fraction of sp³-hybridized carbons (Fsp3) is 0.300. The van der Waals surface area contributed by atoms with E-state index >= 15 is 0 Å². The van der Waals surface area contributed by atoms with Crippen molar-refractivity contribution < 1.29 is 27.5 Å². The van der Waals surface area contributed by atoms with Gasteiger partial charge in [-0.15, -0.1) is 0 Å². The van der Waals surface area contributed by atoms with Gasteiger partial charge in [-0.1, -0.05) is 41.9 Å². The Morgan fingerprint density at radius 1 is 1.10 bits per heavy atom. The van der Waals surface area contributed by atoms with Crippen molar-refractivity contribution in [2.75, 3.05) is 18.1 Å². The minimum absolute atomic E-state index is 0.0495. The summed E-state index contributed by atoms with van der Waals surface area (Å²) >= 11 is 6.11. The van der Waals surface area contributed by atoms with Crippen molar-refractivity contribution in [3.63, 3.8) is 0 Å². The summed E-state index contributed by atoms with van der Waals surface area (Å²) in [7, 11) is -3.10. The minimum atomic E-state index is -3.10. The highest BCUT2D eigenvalue weighted by Gasteiger charge is 2.29. The molecule has 1 amide bonds. The highest BCUT2D eigenvalue weighted by Crippen LogP contribution is 2.22. The Kier molecular flexibility index (Phi) is 6.76. The normalized spacial score (nSPS) is 17.5. The topological polar surface area (TPSA) is 98.8 Å². The number of hydrogen-bond donors (Lipinski definition) is 1. The number of halogens is 1. The Labute approximate surface area is 173 Å². The van der Waals surface area contributed by atoms with Crippen LogP contribution in [-0.2, 0) is 26.0 Å². The molecule has 2 aromatic rings. The molecular weight excluding hydrogens is 418 g/mol. The zero-order chi connectivity index (χ0) is 20.9. The molecule has 1 heterocycles. The number of nitrogens with one attached hydrogen (secondary N) is 1. The summed E-state index contributed by atoms with van der Waals surface area (Å²) < 4.78 is 33.6. The van der Waals surface area contributed by atoms with Gasteiger partial charge >= 0.3 is 5.97 Å². The molecule has 3 rings (SSSR count). The lowest BCUT2D eigenvalue weighted by atomic mass is 10.2. The van der Waals surface area contributed by atoms with E-state index in [4.69, 9.17) is 21.1 Å². The third-order valence-electron chi connectivity index (χ3n) is 4.38. The summed E-state index contributed by atoms with van der Waals surface area (Å²) in [6.45, 7) is -0.338. The number of carbonyl (C=O) groups excluding carboxylic acids is 2. The second-order valence-electron chi connectivity index (χ2n) is 6.62. The fourth-order valence-corrected chi connectivity index (χ4v) is 4.78. The van der Waals surface area contributed by atoms with E-state index in [1.165, 1.54) is 6.07 Å². The molecule has 7 nitrogen and oxygen atoms in total. The zero-order valence-electron chi connectivity index (χ0n) is 15.5. The number of rotatable bonds is 7. The monoisotopic (exact) mass is 437 g/mol. The predicted molar refractivity (Wildman–Crippen MR) is 108 cm³/mol. The van der Waals surface area contributed by atoms with E-state index in [-0.39, 0.29) is 23.7 Å². The van der Waals surface area contributed by atoms with Gasteiger partial charge in [0.25, 0.3) is 5.91 Å². The molecule has 0 bridgehead atoms. The molecular formula is C20H20ClNO6S. The van der Waals surface area contributed by atoms with Crippen LogP contribution in [0.15, 0.2) is 48.5 Å². The van der Waals surface area contributed by atoms with Crippen molar-refractivity contribution >= 4 is 33.3 Å². The number of para-hydroxylation sites is 1. The second-order valence-corrected chi connectivity index (χ2v) is 9.26. The third kappa shape index (κ3) is 5.95. The molecule has 1 N–H and O–H groups in total. The standard InChI is InChI=1S/C20H20ClNO6S/c21-17-7-3-1-5-14(17)11-27-18-8-4-2-6-16(18)20(24)28-12-19(23)22-15-9-10-29(25,26)13-15/h1-8,15H,9-13H2,(H,22,23)/t15-/m1/s1. The van der Waals surface area contributed by atoms with Crippen molar-refractivity contribution in [1.29, 1.82) is 0 Å². The molecule has 0 unspecified atom stereocenters. The summed E-state index contributed by atoms with van der Waals surface area (Å²) in [5, 5.41) is 3.12. The molecule has 2 aromatic carbocycles. The molecule has 1 saturated heterocycles. The molecule has 9 heteroatoms. The highest BCUT2D eigenvalue weighted by atomic mass is 35.5. The van der Waals surface area contributed by atoms with Crippen LogP contribution < -0.4 is 10.1 Å². The van der Waals surface area contributed by atoms with Crippen LogP contribution in [0.5, 0.6) is 5.75 Å². The van der Waals surface area contributed by atoms with Crippen LogP contribution in [0, 0.1) is 0 Å². The van der Waals surface area contributed by atoms with E-state index in [1.807, 2.05) is 18.2 Å². The molecule has 0 saturated carbocycles. The molecule has 154 valence electrons. The van der Waals surface area contributed by atoms with Gasteiger partial charge in [-0.25, -0.2) is 13.2 Å². The van der Waals surface area contributed by atoms with Crippen LogP contribution >= 0.6 is 11.6 Å². The van der Waals surface area contributed by atoms with Crippen LogP contribution in [0.3, 0.4) is 0 Å². The Morgan fingerprint density at radius 3 is 2.55 bits per heavy atom. The van der Waals surface area contributed by atoms with E-state index in [0.29, 0.717) is 17.2 Å². The smallest absolute Gasteiger partial charge is 0.342 e. The highest BCUT2D eigenvalue weighted by molar-refractivity contribution is 7.91. The van der Waals surface area contributed by atoms with Gasteiger partial charge in [-0.3, -0.25) is 4.79 Å². The van der Waals surface area contributed by atoms with Crippen LogP contribution in [0.2, 0.25) is 5.02 Å².